The summed E-state index contributed by atoms with van der Waals surface area (Å²) in [6, 6.07) is 0. The van der Waals surface area contributed by atoms with Crippen LogP contribution in [-0.2, 0) is 9.30 Å². The SMILES string of the molecule is NSP(=O)(SN)N1CCOCC1. The zero-order valence-electron chi connectivity index (χ0n) is 6.51. The van der Waals surface area contributed by atoms with E-state index in [0.29, 0.717) is 26.3 Å². The van der Waals surface area contributed by atoms with Gasteiger partial charge in [0.05, 0.1) is 13.2 Å². The van der Waals surface area contributed by atoms with Crippen LogP contribution in [0.15, 0.2) is 0 Å². The molecule has 0 saturated carbocycles. The number of hydrogen-bond acceptors (Lipinski definition) is 6. The molecule has 0 radical (unpaired) electrons. The normalized spacial score (nSPS) is 21.2. The van der Waals surface area contributed by atoms with Gasteiger partial charge in [-0.3, -0.25) is 14.8 Å². The zero-order chi connectivity index (χ0) is 9.03. The number of rotatable bonds is 3. The van der Waals surface area contributed by atoms with Crippen molar-refractivity contribution in [2.24, 2.45) is 10.3 Å². The first-order chi connectivity index (χ1) is 5.73. The molecule has 1 saturated heterocycles. The fraction of sp³-hybridized carbons (Fsp3) is 1.00. The van der Waals surface area contributed by atoms with Crippen molar-refractivity contribution in [3.63, 3.8) is 0 Å². The van der Waals surface area contributed by atoms with Crippen LogP contribution < -0.4 is 10.3 Å². The van der Waals surface area contributed by atoms with E-state index in [0.717, 1.165) is 23.1 Å². The molecule has 0 unspecified atom stereocenters. The lowest BCUT2D eigenvalue weighted by Crippen LogP contribution is -2.33. The third-order valence-corrected chi connectivity index (χ3v) is 7.76. The fourth-order valence-electron chi connectivity index (χ4n) is 0.957. The van der Waals surface area contributed by atoms with Crippen molar-refractivity contribution in [1.29, 1.82) is 0 Å². The van der Waals surface area contributed by atoms with Crippen molar-refractivity contribution < 1.29 is 9.30 Å². The Morgan fingerprint density at radius 2 is 1.75 bits per heavy atom. The number of nitrogens with zero attached hydrogens (tertiary/aromatic N) is 1. The second kappa shape index (κ2) is 4.85. The zero-order valence-corrected chi connectivity index (χ0v) is 9.04. The average Bonchev–Trinajstić information content (AvgIpc) is 2.18. The molecule has 0 amide bonds. The number of morpholine rings is 1. The van der Waals surface area contributed by atoms with Gasteiger partial charge in [-0.25, -0.2) is 4.67 Å². The molecule has 0 aromatic heterocycles. The van der Waals surface area contributed by atoms with Gasteiger partial charge in [-0.05, 0) is 0 Å². The summed E-state index contributed by atoms with van der Waals surface area (Å²) in [5.74, 6) is 0. The lowest BCUT2D eigenvalue weighted by atomic mass is 10.5. The minimum Gasteiger partial charge on any atom is -0.379 e. The molecule has 12 heavy (non-hydrogen) atoms. The van der Waals surface area contributed by atoms with Gasteiger partial charge in [-0.2, -0.15) is 0 Å². The van der Waals surface area contributed by atoms with Gasteiger partial charge in [0.25, 0.3) is 5.70 Å². The first-order valence-electron chi connectivity index (χ1n) is 3.43. The molecule has 0 spiro atoms. The highest BCUT2D eigenvalue weighted by molar-refractivity contribution is 8.88. The van der Waals surface area contributed by atoms with Gasteiger partial charge in [0.15, 0.2) is 0 Å². The van der Waals surface area contributed by atoms with Crippen molar-refractivity contribution in [2.45, 2.75) is 0 Å². The van der Waals surface area contributed by atoms with Gasteiger partial charge in [-0.1, -0.05) is 0 Å². The molecule has 0 aliphatic carbocycles. The molecule has 1 heterocycles. The summed E-state index contributed by atoms with van der Waals surface area (Å²) >= 11 is 1.69. The van der Waals surface area contributed by atoms with Crippen LogP contribution in [0.2, 0.25) is 0 Å². The van der Waals surface area contributed by atoms with E-state index in [4.69, 9.17) is 15.0 Å². The highest BCUT2D eigenvalue weighted by atomic mass is 33.1. The topological polar surface area (TPSA) is 81.6 Å². The maximum atomic E-state index is 11.9. The predicted octanol–water partition coefficient (Wildman–Crippen LogP) is 0.640. The highest BCUT2D eigenvalue weighted by Gasteiger charge is 2.31. The maximum Gasteiger partial charge on any atom is 0.285 e. The Kier molecular flexibility index (Phi) is 4.39. The second-order valence-electron chi connectivity index (χ2n) is 2.25. The van der Waals surface area contributed by atoms with E-state index in [1.807, 2.05) is 0 Å². The smallest absolute Gasteiger partial charge is 0.285 e. The largest absolute Gasteiger partial charge is 0.379 e. The number of ether oxygens (including phenoxy) is 1. The summed E-state index contributed by atoms with van der Waals surface area (Å²) in [4.78, 5) is 0. The van der Waals surface area contributed by atoms with Gasteiger partial charge in [0.2, 0.25) is 0 Å². The monoisotopic (exact) mass is 229 g/mol. The summed E-state index contributed by atoms with van der Waals surface area (Å²) in [6.45, 7) is 2.49. The van der Waals surface area contributed by atoms with E-state index in [1.54, 1.807) is 4.67 Å². The van der Waals surface area contributed by atoms with E-state index in [9.17, 15) is 4.57 Å². The Bertz CT molecular complexity index is 179. The van der Waals surface area contributed by atoms with Crippen LogP contribution in [0.3, 0.4) is 0 Å². The van der Waals surface area contributed by atoms with Crippen LogP contribution in [0, 0.1) is 0 Å². The summed E-state index contributed by atoms with van der Waals surface area (Å²) in [6.07, 6.45) is 0. The Balaban J connectivity index is 2.58. The lowest BCUT2D eigenvalue weighted by molar-refractivity contribution is 0.0741. The maximum absolute atomic E-state index is 11.9. The molecule has 8 heteroatoms. The molecule has 4 N–H and O–H groups in total. The molecule has 0 bridgehead atoms. The highest BCUT2D eigenvalue weighted by Crippen LogP contribution is 2.66. The molecule has 0 atom stereocenters. The molecule has 1 aliphatic heterocycles. The minimum absolute atomic E-state index is 0.602. The standard InChI is InChI=1S/C4H12N3O2PS2/c5-11-10(8,12-6)7-1-3-9-4-2-7/h1-6H2. The van der Waals surface area contributed by atoms with Crippen LogP contribution in [0.5, 0.6) is 0 Å². The van der Waals surface area contributed by atoms with E-state index < -0.39 is 5.70 Å². The van der Waals surface area contributed by atoms with E-state index in [1.165, 1.54) is 0 Å². The number of hydrogen-bond donors (Lipinski definition) is 2. The minimum atomic E-state index is -2.61. The molecular formula is C4H12N3O2PS2. The van der Waals surface area contributed by atoms with E-state index >= 15 is 0 Å². The molecular weight excluding hydrogens is 217 g/mol. The van der Waals surface area contributed by atoms with Gasteiger partial charge < -0.3 is 4.74 Å². The second-order valence-corrected chi connectivity index (χ2v) is 9.10. The predicted molar refractivity (Wildman–Crippen MR) is 53.6 cm³/mol. The van der Waals surface area contributed by atoms with Crippen molar-refractivity contribution in [3.05, 3.63) is 0 Å². The molecule has 5 nitrogen and oxygen atoms in total. The first-order valence-corrected chi connectivity index (χ1v) is 8.06. The molecule has 0 aromatic carbocycles. The van der Waals surface area contributed by atoms with Crippen LogP contribution in [-0.4, -0.2) is 31.0 Å². The van der Waals surface area contributed by atoms with Crippen molar-refractivity contribution in [3.8, 4) is 0 Å². The van der Waals surface area contributed by atoms with E-state index in [-0.39, 0.29) is 0 Å². The van der Waals surface area contributed by atoms with Crippen LogP contribution >= 0.6 is 28.8 Å². The molecule has 1 rings (SSSR count). The molecule has 72 valence electrons. The van der Waals surface area contributed by atoms with Gasteiger partial charge in [-0.15, -0.1) is 0 Å². The quantitative estimate of drug-likeness (QED) is 0.543. The van der Waals surface area contributed by atoms with E-state index in [2.05, 4.69) is 0 Å². The summed E-state index contributed by atoms with van der Waals surface area (Å²) in [5, 5.41) is 10.6. The van der Waals surface area contributed by atoms with Gasteiger partial charge >= 0.3 is 0 Å². The van der Waals surface area contributed by atoms with Crippen molar-refractivity contribution in [1.82, 2.24) is 4.67 Å². The average molecular weight is 229 g/mol. The third-order valence-electron chi connectivity index (χ3n) is 1.60. The summed E-state index contributed by atoms with van der Waals surface area (Å²) < 4.78 is 18.8. The van der Waals surface area contributed by atoms with Gasteiger partial charge in [0, 0.05) is 36.2 Å². The third kappa shape index (κ3) is 2.38. The Morgan fingerprint density at radius 1 is 1.25 bits per heavy atom. The van der Waals surface area contributed by atoms with Crippen molar-refractivity contribution in [2.75, 3.05) is 26.3 Å². The lowest BCUT2D eigenvalue weighted by Gasteiger charge is -2.30. The first kappa shape index (κ1) is 10.8. The Morgan fingerprint density at radius 3 is 2.17 bits per heavy atom. The Labute approximate surface area is 79.7 Å². The summed E-state index contributed by atoms with van der Waals surface area (Å²) in [7, 11) is 0. The summed E-state index contributed by atoms with van der Waals surface area (Å²) in [5.41, 5.74) is -2.61. The van der Waals surface area contributed by atoms with Crippen LogP contribution in [0.1, 0.15) is 0 Å². The van der Waals surface area contributed by atoms with Crippen LogP contribution in [0.25, 0.3) is 0 Å². The fourth-order valence-corrected chi connectivity index (χ4v) is 4.30. The van der Waals surface area contributed by atoms with Gasteiger partial charge in [0.1, 0.15) is 0 Å². The molecule has 0 aromatic rings. The molecule has 1 aliphatic rings. The van der Waals surface area contributed by atoms with Crippen LogP contribution in [0.4, 0.5) is 0 Å². The Hall–Kier alpha value is 0.770. The number of nitrogens with two attached hydrogens (primary N) is 2. The van der Waals surface area contributed by atoms with Crippen molar-refractivity contribution >= 4 is 28.8 Å². The molecule has 1 fully saturated rings.